The third kappa shape index (κ3) is 9.74. The number of allylic oxidation sites excluding steroid dienone is 2. The van der Waals surface area contributed by atoms with Crippen molar-refractivity contribution in [1.29, 1.82) is 0 Å². The summed E-state index contributed by atoms with van der Waals surface area (Å²) in [6, 6.07) is 26.2. The predicted octanol–water partition coefficient (Wildman–Crippen LogP) is 13.5. The molecule has 0 aliphatic carbocycles. The molecule has 4 nitrogen and oxygen atoms in total. The number of carbonyl (C=O) groups is 1. The van der Waals surface area contributed by atoms with Gasteiger partial charge in [-0.1, -0.05) is 122 Å². The predicted molar refractivity (Wildman–Crippen MR) is 237 cm³/mol. The van der Waals surface area contributed by atoms with Gasteiger partial charge >= 0.3 is 0 Å². The number of aliphatic hydroxyl groups is 1. The van der Waals surface area contributed by atoms with Crippen molar-refractivity contribution in [2.45, 2.75) is 113 Å². The average molecular weight is 948 g/mol. The fraction of sp³-hybridized carbons (Fsp3) is 0.396. The summed E-state index contributed by atoms with van der Waals surface area (Å²) in [5.74, 6) is 0.547. The molecule has 0 amide bonds. The first-order valence-corrected chi connectivity index (χ1v) is 24.0. The van der Waals surface area contributed by atoms with E-state index in [4.69, 9.17) is 9.97 Å². The van der Waals surface area contributed by atoms with Gasteiger partial charge in [-0.05, 0) is 78.8 Å². The second-order valence-corrected chi connectivity index (χ2v) is 22.9. The molecule has 6 rings (SSSR count). The molecule has 293 valence electrons. The molecule has 2 aromatic heterocycles. The zero-order valence-corrected chi connectivity index (χ0v) is 39.1. The van der Waals surface area contributed by atoms with Gasteiger partial charge in [-0.2, -0.15) is 0 Å². The molecule has 0 saturated carbocycles. The number of aryl methyl sites for hydroxylation is 2. The molecule has 1 N–H and O–H groups in total. The van der Waals surface area contributed by atoms with Crippen LogP contribution in [0.25, 0.3) is 53.5 Å². The Bertz CT molecular complexity index is 2300. The van der Waals surface area contributed by atoms with E-state index in [1.165, 1.54) is 54.6 Å². The minimum Gasteiger partial charge on any atom is -0.512 e. The van der Waals surface area contributed by atoms with E-state index in [9.17, 15) is 9.90 Å². The number of aromatic nitrogens is 2. The largest absolute Gasteiger partial charge is 0.512 e. The molecule has 0 spiro atoms. The monoisotopic (exact) mass is 948 g/mol. The molecule has 0 aliphatic rings. The number of benzene rings is 4. The maximum atomic E-state index is 11.7. The summed E-state index contributed by atoms with van der Waals surface area (Å²) in [6.45, 7) is 26.6. The molecule has 7 heteroatoms. The smallest absolute Gasteiger partial charge is 0.162 e. The molecule has 0 aliphatic heterocycles. The Kier molecular flexibility index (Phi) is 14.6. The SMILES string of the molecule is CCC(CC)C(=O)/C=C(\O)C(CC)CC.Cc1cc(C(C)(C)C)cc(C)c1-c1ccc2c(c1)sc1c(-c3[c-]c4ccccc4c([Si](C)(C)C)c3)ncnc12.[Ir]. The third-order valence-corrected chi connectivity index (χ3v) is 14.0. The van der Waals surface area contributed by atoms with Crippen LogP contribution in [0.1, 0.15) is 90.8 Å². The molecule has 0 unspecified atom stereocenters. The van der Waals surface area contributed by atoms with Crippen molar-refractivity contribution in [1.82, 2.24) is 9.97 Å². The Morgan fingerprint density at radius 3 is 2.05 bits per heavy atom. The van der Waals surface area contributed by atoms with Gasteiger partial charge in [0.05, 0.1) is 19.3 Å². The van der Waals surface area contributed by atoms with Gasteiger partial charge in [0.15, 0.2) is 5.78 Å². The zero-order chi connectivity index (χ0) is 39.5. The Morgan fingerprint density at radius 1 is 0.855 bits per heavy atom. The third-order valence-electron chi connectivity index (χ3n) is 10.9. The normalized spacial score (nSPS) is 12.4. The summed E-state index contributed by atoms with van der Waals surface area (Å²) in [7, 11) is -1.59. The van der Waals surface area contributed by atoms with Crippen molar-refractivity contribution < 1.29 is 30.0 Å². The van der Waals surface area contributed by atoms with Crippen molar-refractivity contribution in [3.8, 4) is 22.4 Å². The van der Waals surface area contributed by atoms with E-state index in [-0.39, 0.29) is 48.9 Å². The van der Waals surface area contributed by atoms with Gasteiger partial charge in [-0.25, -0.2) is 4.98 Å². The summed E-state index contributed by atoms with van der Waals surface area (Å²) in [5.41, 5.74) is 9.83. The first-order valence-electron chi connectivity index (χ1n) is 19.7. The van der Waals surface area contributed by atoms with Crippen LogP contribution in [0.3, 0.4) is 0 Å². The standard InChI is InChI=1S/C35H35N2SSi.C13H24O2.Ir/c1-21-15-26(35(3,4)5)16-22(2)31(21)24-13-14-28-29(18-24)38-34-32(36-20-37-33(28)34)25-17-23-11-9-10-12-27(23)30(19-25)39(6,7)8;1-5-10(6-2)12(14)9-13(15)11(7-3)8-4;/h9-16,18-20H,1-8H3;9-11,14H,5-8H2,1-4H3;/q-1;;/b;12-9-;. The Labute approximate surface area is 348 Å². The van der Waals surface area contributed by atoms with Crippen LogP contribution >= 0.6 is 11.3 Å². The van der Waals surface area contributed by atoms with Gasteiger partial charge in [0.25, 0.3) is 0 Å². The van der Waals surface area contributed by atoms with E-state index >= 15 is 0 Å². The minimum absolute atomic E-state index is 0. The van der Waals surface area contributed by atoms with E-state index in [0.717, 1.165) is 52.5 Å². The molecular formula is C48H59IrN2O2SSi-. The van der Waals surface area contributed by atoms with E-state index in [0.29, 0.717) is 0 Å². The van der Waals surface area contributed by atoms with Gasteiger partial charge in [-0.3, -0.25) is 9.78 Å². The fourth-order valence-corrected chi connectivity index (χ4v) is 10.3. The molecule has 1 radical (unpaired) electrons. The van der Waals surface area contributed by atoms with Crippen LogP contribution in [0.2, 0.25) is 19.6 Å². The zero-order valence-electron chi connectivity index (χ0n) is 34.9. The van der Waals surface area contributed by atoms with Crippen molar-refractivity contribution in [2.75, 3.05) is 0 Å². The molecule has 0 saturated heterocycles. The second-order valence-electron chi connectivity index (χ2n) is 16.8. The number of hydrogen-bond donors (Lipinski definition) is 1. The van der Waals surface area contributed by atoms with Crippen molar-refractivity contribution in [3.63, 3.8) is 0 Å². The number of hydrogen-bond acceptors (Lipinski definition) is 5. The van der Waals surface area contributed by atoms with Crippen LogP contribution in [0.4, 0.5) is 0 Å². The van der Waals surface area contributed by atoms with Crippen LogP contribution in [-0.4, -0.2) is 28.9 Å². The summed E-state index contributed by atoms with van der Waals surface area (Å²) in [4.78, 5) is 21.3. The van der Waals surface area contributed by atoms with E-state index < -0.39 is 8.07 Å². The van der Waals surface area contributed by atoms with Crippen LogP contribution in [0.5, 0.6) is 0 Å². The summed E-state index contributed by atoms with van der Waals surface area (Å²) >= 11 is 1.80. The van der Waals surface area contributed by atoms with Crippen LogP contribution in [0.15, 0.2) is 78.8 Å². The average Bonchev–Trinajstić information content (AvgIpc) is 3.49. The molecule has 2 heterocycles. The van der Waals surface area contributed by atoms with Crippen molar-refractivity contribution in [3.05, 3.63) is 102 Å². The minimum atomic E-state index is -1.59. The van der Waals surface area contributed by atoms with Crippen LogP contribution in [0, 0.1) is 31.7 Å². The Morgan fingerprint density at radius 2 is 1.47 bits per heavy atom. The molecule has 0 atom stereocenters. The summed E-state index contributed by atoms with van der Waals surface area (Å²) in [6.07, 6.45) is 6.62. The molecule has 4 aromatic carbocycles. The maximum Gasteiger partial charge on any atom is 0.162 e. The first-order chi connectivity index (χ1) is 25.5. The first kappa shape index (κ1) is 44.2. The van der Waals surface area contributed by atoms with Crippen LogP contribution in [-0.2, 0) is 30.3 Å². The van der Waals surface area contributed by atoms with Crippen molar-refractivity contribution >= 4 is 61.5 Å². The van der Waals surface area contributed by atoms with Gasteiger partial charge < -0.3 is 5.11 Å². The van der Waals surface area contributed by atoms with Gasteiger partial charge in [0, 0.05) is 58.5 Å². The topological polar surface area (TPSA) is 63.1 Å². The summed E-state index contributed by atoms with van der Waals surface area (Å²) < 4.78 is 2.38. The number of thiophene rings is 1. The number of ketones is 1. The van der Waals surface area contributed by atoms with Crippen LogP contribution < -0.4 is 5.19 Å². The molecule has 6 aromatic rings. The second kappa shape index (κ2) is 18.2. The number of rotatable bonds is 10. The quantitative estimate of drug-likeness (QED) is 0.0643. The molecular weight excluding hydrogens is 889 g/mol. The summed E-state index contributed by atoms with van der Waals surface area (Å²) in [5, 5.41) is 14.9. The fourth-order valence-electron chi connectivity index (χ4n) is 7.53. The van der Waals surface area contributed by atoms with E-state index in [2.05, 4.69) is 121 Å². The number of nitrogens with zero attached hydrogens (tertiary/aromatic N) is 2. The van der Waals surface area contributed by atoms with E-state index in [1.54, 1.807) is 17.7 Å². The molecule has 55 heavy (non-hydrogen) atoms. The number of fused-ring (bicyclic) bond motifs is 4. The Hall–Kier alpha value is -3.48. The van der Waals surface area contributed by atoms with Gasteiger partial charge in [0.1, 0.15) is 6.33 Å². The van der Waals surface area contributed by atoms with Crippen molar-refractivity contribution in [2.24, 2.45) is 11.8 Å². The maximum absolute atomic E-state index is 11.7. The number of carbonyl (C=O) groups excluding carboxylic acids is 1. The molecule has 0 fully saturated rings. The number of aliphatic hydroxyl groups excluding tert-OH is 1. The van der Waals surface area contributed by atoms with Gasteiger partial charge in [0.2, 0.25) is 0 Å². The Balaban J connectivity index is 0.000000360. The van der Waals surface area contributed by atoms with Gasteiger partial charge in [-0.15, -0.1) is 40.1 Å². The molecule has 0 bridgehead atoms. The van der Waals surface area contributed by atoms with E-state index in [1.807, 2.05) is 27.7 Å².